The number of nitroso groups, excluding NO2 is 3. The highest BCUT2D eigenvalue weighted by atomic mass is 32.3. The highest BCUT2D eigenvalue weighted by molar-refractivity contribution is 8.30. The van der Waals surface area contributed by atoms with Gasteiger partial charge in [0.15, 0.2) is 10.6 Å². The Morgan fingerprint density at radius 1 is 0.474 bits per heavy atom. The van der Waals surface area contributed by atoms with E-state index >= 15 is 0 Å². The lowest BCUT2D eigenvalue weighted by molar-refractivity contribution is 0.480. The second kappa shape index (κ2) is 23.2. The number of anilines is 10. The third kappa shape index (κ3) is 13.7. The van der Waals surface area contributed by atoms with E-state index in [9.17, 15) is 66.6 Å². The van der Waals surface area contributed by atoms with Crippen molar-refractivity contribution in [1.29, 1.82) is 0 Å². The molecule has 2 heterocycles. The summed E-state index contributed by atoms with van der Waals surface area (Å²) in [5.41, 5.74) is -0.878. The van der Waals surface area contributed by atoms with E-state index in [0.717, 1.165) is 54.6 Å². The van der Waals surface area contributed by atoms with E-state index in [2.05, 4.69) is 77.5 Å². The van der Waals surface area contributed by atoms with Crippen LogP contribution in [0.25, 0.3) is 12.2 Å². The number of thiol groups is 1. The molecule has 0 atom stereocenters. The molecule has 30 nitrogen and oxygen atoms in total. The highest BCUT2D eigenvalue weighted by Gasteiger charge is 2.35. The van der Waals surface area contributed by atoms with Crippen molar-refractivity contribution in [2.75, 3.05) is 57.2 Å². The molecule has 0 aliphatic carbocycles. The number of benzene rings is 4. The first kappa shape index (κ1) is 57.9. The van der Waals surface area contributed by atoms with Crippen molar-refractivity contribution in [2.45, 2.75) is 57.1 Å². The molecule has 76 heavy (non-hydrogen) atoms. The summed E-state index contributed by atoms with van der Waals surface area (Å²) in [6.45, 7) is 8.59. The fraction of sp³-hybridized carbons (Fsp3) is 0.200. The number of nitrogens with zero attached hydrogens (tertiary/aromatic N) is 11. The van der Waals surface area contributed by atoms with E-state index in [1.165, 1.54) is 30.3 Å². The maximum atomic E-state index is 12.9. The molecule has 6 aromatic rings. The molecule has 8 N–H and O–H groups in total. The van der Waals surface area contributed by atoms with Gasteiger partial charge in [0.25, 0.3) is 40.5 Å². The van der Waals surface area contributed by atoms with E-state index in [0.29, 0.717) is 26.2 Å². The lowest BCUT2D eigenvalue weighted by atomic mass is 10.1. The molecule has 404 valence electrons. The summed E-state index contributed by atoms with van der Waals surface area (Å²) in [6.07, 6.45) is 2.25. The van der Waals surface area contributed by atoms with Crippen LogP contribution in [0.3, 0.4) is 0 Å². The van der Waals surface area contributed by atoms with Crippen LogP contribution in [0.1, 0.15) is 38.8 Å². The molecule has 0 bridgehead atoms. The van der Waals surface area contributed by atoms with E-state index < -0.39 is 87.2 Å². The van der Waals surface area contributed by atoms with Crippen LogP contribution < -0.4 is 31.1 Å². The van der Waals surface area contributed by atoms with Crippen LogP contribution in [0.5, 0.6) is 0 Å². The Morgan fingerprint density at radius 2 is 0.842 bits per heavy atom. The Kier molecular flexibility index (Phi) is 17.7. The molecule has 0 aliphatic rings. The minimum atomic E-state index is -5.08. The quantitative estimate of drug-likeness (QED) is 0.0123. The van der Waals surface area contributed by atoms with Gasteiger partial charge in [-0.15, -0.1) is 27.3 Å². The molecule has 0 aliphatic heterocycles. The molecule has 0 saturated heterocycles. The molecule has 6 rings (SSSR count). The Morgan fingerprint density at radius 3 is 1.21 bits per heavy atom. The van der Waals surface area contributed by atoms with Gasteiger partial charge in [-0.25, -0.2) is 0 Å². The molecule has 36 heteroatoms. The lowest BCUT2D eigenvalue weighted by Gasteiger charge is -2.21. The third-order valence-corrected chi connectivity index (χ3v) is 16.0. The van der Waals surface area contributed by atoms with Gasteiger partial charge in [-0.1, -0.05) is 24.3 Å². The highest BCUT2D eigenvalue weighted by Crippen LogP contribution is 2.62. The first-order chi connectivity index (χ1) is 35.7. The Labute approximate surface area is 440 Å². The van der Waals surface area contributed by atoms with Crippen molar-refractivity contribution in [3.05, 3.63) is 98.6 Å². The topological polar surface area (TPSA) is 438 Å². The molecular weight excluding hydrogens is 1120 g/mol. The first-order valence-electron chi connectivity index (χ1n) is 21.5. The minimum Gasteiger partial charge on any atom is -0.341 e. The predicted molar refractivity (Wildman–Crippen MR) is 284 cm³/mol. The summed E-state index contributed by atoms with van der Waals surface area (Å²) in [6, 6.07) is 12.9. The summed E-state index contributed by atoms with van der Waals surface area (Å²) in [5, 5.41) is 11.0. The lowest BCUT2D eigenvalue weighted by Crippen LogP contribution is -2.25. The first-order valence-corrected chi connectivity index (χ1v) is 29.2. The Hall–Kier alpha value is -7.42. The fourth-order valence-corrected chi connectivity index (χ4v) is 10.4. The SMILES string of the molecule is CCN(CC)c1nc(Nc2ccc(/C=C/c3ccc(Nc4nc(Nc5cc(S(=O)(=O)O)ccc5S(N=O)(N=O)N=O)nc(N(CC)CC)n4)cc3S(=O)(=O)O)c(S(=O)(=O)O)c2)nc(Nc2cc(S(=O)(=O)O)ccc2S)n1. The van der Waals surface area contributed by atoms with Gasteiger partial charge in [-0.05, 0) is 99.5 Å². The summed E-state index contributed by atoms with van der Waals surface area (Å²) in [7, 11) is -23.9. The van der Waals surface area contributed by atoms with Crippen LogP contribution in [0.4, 0.5) is 58.4 Å². The van der Waals surface area contributed by atoms with Crippen LogP contribution in [0.15, 0.2) is 116 Å². The molecule has 0 spiro atoms. The third-order valence-electron chi connectivity index (χ3n) is 10.5. The van der Waals surface area contributed by atoms with E-state index in [1.807, 2.05) is 13.8 Å². The predicted octanol–water partition coefficient (Wildman–Crippen LogP) is 7.38. The van der Waals surface area contributed by atoms with Crippen LogP contribution in [-0.4, -0.2) is 108 Å². The van der Waals surface area contributed by atoms with Crippen LogP contribution in [-0.2, 0) is 40.5 Å². The summed E-state index contributed by atoms with van der Waals surface area (Å²) >= 11 is 4.34. The van der Waals surface area contributed by atoms with Crippen LogP contribution in [0.2, 0.25) is 0 Å². The van der Waals surface area contributed by atoms with Crippen LogP contribution >= 0.6 is 23.2 Å². The molecule has 0 unspecified atom stereocenters. The fourth-order valence-electron chi connectivity index (χ4n) is 6.82. The van der Waals surface area contributed by atoms with Crippen molar-refractivity contribution >= 4 is 134 Å². The van der Waals surface area contributed by atoms with Gasteiger partial charge in [-0.3, -0.25) is 18.2 Å². The van der Waals surface area contributed by atoms with Gasteiger partial charge < -0.3 is 31.1 Å². The van der Waals surface area contributed by atoms with Crippen molar-refractivity contribution < 1.29 is 51.9 Å². The second-order valence-electron chi connectivity index (χ2n) is 15.2. The molecule has 0 fully saturated rings. The molecule has 0 saturated carbocycles. The second-order valence-corrected chi connectivity index (χ2v) is 23.3. The van der Waals surface area contributed by atoms with Gasteiger partial charge in [0.05, 0.1) is 26.1 Å². The number of hydrogen-bond acceptors (Lipinski definition) is 27. The van der Waals surface area contributed by atoms with Crippen molar-refractivity contribution in [3.63, 3.8) is 0 Å². The smallest absolute Gasteiger partial charge is 0.295 e. The maximum absolute atomic E-state index is 12.9. The molecule has 0 radical (unpaired) electrons. The minimum absolute atomic E-state index is 0.0146. The monoisotopic (exact) mass is 1170 g/mol. The van der Waals surface area contributed by atoms with Crippen LogP contribution in [0, 0.1) is 14.7 Å². The van der Waals surface area contributed by atoms with Crippen molar-refractivity contribution in [3.8, 4) is 0 Å². The molecule has 2 aromatic heterocycles. The largest absolute Gasteiger partial charge is 0.341 e. The Bertz CT molecular complexity index is 3720. The van der Waals surface area contributed by atoms with Crippen molar-refractivity contribution in [2.24, 2.45) is 13.7 Å². The normalized spacial score (nSPS) is 12.4. The average molecular weight is 1170 g/mol. The molecule has 4 aromatic carbocycles. The van der Waals surface area contributed by atoms with Gasteiger partial charge in [0, 0.05) is 56.2 Å². The molecular formula is C40H43N15O15S6. The Balaban J connectivity index is 1.35. The van der Waals surface area contributed by atoms with E-state index in [1.54, 1.807) is 23.6 Å². The van der Waals surface area contributed by atoms with Gasteiger partial charge in [-0.2, -0.15) is 63.6 Å². The summed E-state index contributed by atoms with van der Waals surface area (Å²) < 4.78 is 147. The number of aromatic nitrogens is 6. The van der Waals surface area contributed by atoms with Gasteiger partial charge >= 0.3 is 0 Å². The molecule has 0 amide bonds. The summed E-state index contributed by atoms with van der Waals surface area (Å²) in [5.74, 6) is -0.969. The van der Waals surface area contributed by atoms with E-state index in [-0.39, 0.29) is 62.8 Å². The zero-order valence-electron chi connectivity index (χ0n) is 39.6. The summed E-state index contributed by atoms with van der Waals surface area (Å²) in [4.78, 5) is 61.7. The zero-order chi connectivity index (χ0) is 56.0. The maximum Gasteiger partial charge on any atom is 0.295 e. The number of rotatable bonds is 24. The van der Waals surface area contributed by atoms with E-state index in [4.69, 9.17) is 0 Å². The standard InChI is InChI=1S/C40H43N15O15S6/c1-5-54(6-2)39-47-35(45-37(49-39)43-29-21-27(73(59,60)61)15-17-31(29)71)41-25-13-11-23(33(19-25)75(65,66)67)9-10-24-12-14-26(20-34(24)76(68,69)70)42-36-46-38(50-40(48-36)55(7-3)8-4)44-30-22-28(74(62,63)64)16-18-32(30)72(51-56,52-57)53-58/h9-22,71H,5-8H2,1-4H3,(H,59,60,61)(H,62,63,64)(H,65,66,67)(H,68,69,70)(H2,41,43,45,47,49)(H2,42,44,46,48,50)/b10-9+. The number of nitrogens with one attached hydrogen (secondary N) is 4. The van der Waals surface area contributed by atoms with Gasteiger partial charge in [0.1, 0.15) is 9.79 Å². The van der Waals surface area contributed by atoms with Gasteiger partial charge in [0.2, 0.25) is 35.7 Å². The average Bonchev–Trinajstić information content (AvgIpc) is 3.35. The van der Waals surface area contributed by atoms with Crippen molar-refractivity contribution in [1.82, 2.24) is 29.9 Å². The number of hydrogen-bond donors (Lipinski definition) is 9. The zero-order valence-corrected chi connectivity index (χ0v) is 44.6.